The molecule has 19 heavy (non-hydrogen) atoms. The molecule has 1 aliphatic carbocycles. The van der Waals surface area contributed by atoms with E-state index in [0.717, 1.165) is 17.3 Å². The molecule has 0 saturated heterocycles. The Bertz CT molecular complexity index is 443. The van der Waals surface area contributed by atoms with Gasteiger partial charge in [-0.15, -0.1) is 0 Å². The Morgan fingerprint density at radius 1 is 1.47 bits per heavy atom. The van der Waals surface area contributed by atoms with Crippen molar-refractivity contribution in [3.8, 4) is 5.75 Å². The first-order valence-electron chi connectivity index (χ1n) is 6.35. The summed E-state index contributed by atoms with van der Waals surface area (Å²) in [6.07, 6.45) is 1.41. The Labute approximate surface area is 121 Å². The average Bonchev–Trinajstić information content (AvgIpc) is 3.19. The Morgan fingerprint density at radius 2 is 2.11 bits per heavy atom. The molecule has 104 valence electrons. The topological polar surface area (TPSA) is 58.6 Å². The van der Waals surface area contributed by atoms with Crippen molar-refractivity contribution in [2.75, 3.05) is 13.2 Å². The second kappa shape index (κ2) is 5.92. The van der Waals surface area contributed by atoms with E-state index < -0.39 is 6.10 Å². The number of nitrogens with one attached hydrogen (secondary N) is 1. The number of aliphatic hydroxyl groups is 1. The minimum Gasteiger partial charge on any atom is -0.481 e. The minimum atomic E-state index is -0.546. The van der Waals surface area contributed by atoms with Gasteiger partial charge in [-0.3, -0.25) is 4.79 Å². The molecule has 0 aliphatic heterocycles. The molecule has 0 bridgehead atoms. The molecule has 0 spiro atoms. The normalized spacial score (nSPS) is 17.6. The summed E-state index contributed by atoms with van der Waals surface area (Å²) >= 11 is 3.34. The monoisotopic (exact) mass is 327 g/mol. The lowest BCUT2D eigenvalue weighted by Gasteiger charge is -2.17. The minimum absolute atomic E-state index is 0.0764. The maximum absolute atomic E-state index is 11.9. The number of aliphatic hydroxyl groups excluding tert-OH is 1. The van der Waals surface area contributed by atoms with Crippen LogP contribution in [0.2, 0.25) is 0 Å². The Kier molecular flexibility index (Phi) is 4.47. The Morgan fingerprint density at radius 3 is 2.63 bits per heavy atom. The summed E-state index contributed by atoms with van der Waals surface area (Å²) in [5.41, 5.74) is -0.0764. The van der Waals surface area contributed by atoms with Gasteiger partial charge in [-0.2, -0.15) is 0 Å². The molecule has 0 heterocycles. The van der Waals surface area contributed by atoms with Crippen molar-refractivity contribution in [2.24, 2.45) is 5.41 Å². The van der Waals surface area contributed by atoms with Crippen LogP contribution < -0.4 is 10.1 Å². The first kappa shape index (κ1) is 14.3. The van der Waals surface area contributed by atoms with Crippen molar-refractivity contribution >= 4 is 21.8 Å². The zero-order chi connectivity index (χ0) is 13.9. The van der Waals surface area contributed by atoms with Crippen LogP contribution in [0.15, 0.2) is 28.7 Å². The lowest BCUT2D eigenvalue weighted by atomic mass is 10.1. The van der Waals surface area contributed by atoms with Gasteiger partial charge >= 0.3 is 0 Å². The maximum Gasteiger partial charge on any atom is 0.260 e. The van der Waals surface area contributed by atoms with E-state index in [2.05, 4.69) is 21.2 Å². The average molecular weight is 328 g/mol. The van der Waals surface area contributed by atoms with Crippen LogP contribution in [0.3, 0.4) is 0 Å². The van der Waals surface area contributed by atoms with Gasteiger partial charge in [-0.05, 0) is 44.0 Å². The SMILES string of the molecule is CC(Oc1ccc(Br)cc1)C(=O)NCC1(CO)CC1. The van der Waals surface area contributed by atoms with Gasteiger partial charge in [-0.25, -0.2) is 0 Å². The van der Waals surface area contributed by atoms with E-state index in [1.807, 2.05) is 24.3 Å². The van der Waals surface area contributed by atoms with E-state index in [4.69, 9.17) is 4.74 Å². The van der Waals surface area contributed by atoms with Gasteiger partial charge in [0, 0.05) is 16.4 Å². The van der Waals surface area contributed by atoms with Crippen LogP contribution in [0.25, 0.3) is 0 Å². The first-order valence-corrected chi connectivity index (χ1v) is 7.15. The van der Waals surface area contributed by atoms with Crippen molar-refractivity contribution in [3.05, 3.63) is 28.7 Å². The third-order valence-electron chi connectivity index (χ3n) is 3.43. The highest BCUT2D eigenvalue weighted by molar-refractivity contribution is 9.10. The number of hydrogen-bond acceptors (Lipinski definition) is 3. The summed E-state index contributed by atoms with van der Waals surface area (Å²) in [7, 11) is 0. The molecule has 1 aromatic rings. The second-order valence-corrected chi connectivity index (χ2v) is 6.01. The second-order valence-electron chi connectivity index (χ2n) is 5.09. The van der Waals surface area contributed by atoms with Crippen LogP contribution in [0.1, 0.15) is 19.8 Å². The highest BCUT2D eigenvalue weighted by Gasteiger charge is 2.42. The lowest BCUT2D eigenvalue weighted by Crippen LogP contribution is -2.40. The van der Waals surface area contributed by atoms with Crippen LogP contribution in [0, 0.1) is 5.41 Å². The predicted octanol–water partition coefficient (Wildman–Crippen LogP) is 2.11. The van der Waals surface area contributed by atoms with E-state index in [1.165, 1.54) is 0 Å². The molecule has 2 rings (SSSR count). The molecule has 5 heteroatoms. The van der Waals surface area contributed by atoms with Gasteiger partial charge < -0.3 is 15.2 Å². The van der Waals surface area contributed by atoms with Crippen molar-refractivity contribution < 1.29 is 14.6 Å². The molecule has 1 amide bonds. The number of rotatable bonds is 6. The first-order chi connectivity index (χ1) is 9.04. The standard InChI is InChI=1S/C14H18BrNO3/c1-10(19-12-4-2-11(15)3-5-12)13(18)16-8-14(9-17)6-7-14/h2-5,10,17H,6-9H2,1H3,(H,16,18). The van der Waals surface area contributed by atoms with E-state index in [9.17, 15) is 9.90 Å². The molecule has 1 unspecified atom stereocenters. The summed E-state index contributed by atoms with van der Waals surface area (Å²) in [5.74, 6) is 0.511. The fraction of sp³-hybridized carbons (Fsp3) is 0.500. The van der Waals surface area contributed by atoms with Crippen molar-refractivity contribution in [2.45, 2.75) is 25.9 Å². The maximum atomic E-state index is 11.9. The number of hydrogen-bond donors (Lipinski definition) is 2. The van der Waals surface area contributed by atoms with Crippen molar-refractivity contribution in [3.63, 3.8) is 0 Å². The molecular formula is C14H18BrNO3. The smallest absolute Gasteiger partial charge is 0.260 e. The molecule has 0 aromatic heterocycles. The molecule has 1 fully saturated rings. The number of amides is 1. The van der Waals surface area contributed by atoms with Crippen LogP contribution in [0.4, 0.5) is 0 Å². The van der Waals surface area contributed by atoms with Gasteiger partial charge in [0.2, 0.25) is 0 Å². The van der Waals surface area contributed by atoms with Crippen LogP contribution in [-0.2, 0) is 4.79 Å². The molecular weight excluding hydrogens is 310 g/mol. The molecule has 4 nitrogen and oxygen atoms in total. The predicted molar refractivity (Wildman–Crippen MR) is 76.0 cm³/mol. The summed E-state index contributed by atoms with van der Waals surface area (Å²) < 4.78 is 6.52. The summed E-state index contributed by atoms with van der Waals surface area (Å²) in [6, 6.07) is 7.35. The molecule has 1 saturated carbocycles. The van der Waals surface area contributed by atoms with E-state index in [0.29, 0.717) is 12.3 Å². The zero-order valence-electron chi connectivity index (χ0n) is 10.9. The molecule has 2 N–H and O–H groups in total. The van der Waals surface area contributed by atoms with Crippen LogP contribution >= 0.6 is 15.9 Å². The molecule has 1 atom stereocenters. The van der Waals surface area contributed by atoms with Crippen LogP contribution in [0.5, 0.6) is 5.75 Å². The quantitative estimate of drug-likeness (QED) is 0.841. The number of benzene rings is 1. The van der Waals surface area contributed by atoms with Gasteiger partial charge in [0.15, 0.2) is 6.10 Å². The van der Waals surface area contributed by atoms with Crippen molar-refractivity contribution in [1.29, 1.82) is 0 Å². The summed E-state index contributed by atoms with van der Waals surface area (Å²) in [4.78, 5) is 11.9. The number of halogens is 1. The number of ether oxygens (including phenoxy) is 1. The fourth-order valence-corrected chi connectivity index (χ4v) is 2.02. The molecule has 1 aliphatic rings. The highest BCUT2D eigenvalue weighted by Crippen LogP contribution is 2.44. The summed E-state index contributed by atoms with van der Waals surface area (Å²) in [6.45, 7) is 2.38. The van der Waals surface area contributed by atoms with Gasteiger partial charge in [-0.1, -0.05) is 15.9 Å². The van der Waals surface area contributed by atoms with E-state index >= 15 is 0 Å². The third kappa shape index (κ3) is 3.94. The van der Waals surface area contributed by atoms with Gasteiger partial charge in [0.1, 0.15) is 5.75 Å². The Balaban J connectivity index is 1.80. The van der Waals surface area contributed by atoms with Crippen LogP contribution in [-0.4, -0.2) is 30.3 Å². The largest absolute Gasteiger partial charge is 0.481 e. The zero-order valence-corrected chi connectivity index (χ0v) is 12.4. The molecule has 0 radical (unpaired) electrons. The number of carbonyl (C=O) groups is 1. The van der Waals surface area contributed by atoms with Gasteiger partial charge in [0.25, 0.3) is 5.91 Å². The van der Waals surface area contributed by atoms with Gasteiger partial charge in [0.05, 0.1) is 6.61 Å². The fourth-order valence-electron chi connectivity index (χ4n) is 1.76. The van der Waals surface area contributed by atoms with E-state index in [1.54, 1.807) is 6.92 Å². The molecule has 1 aromatic carbocycles. The van der Waals surface area contributed by atoms with Crippen molar-refractivity contribution in [1.82, 2.24) is 5.32 Å². The number of carbonyl (C=O) groups excluding carboxylic acids is 1. The Hall–Kier alpha value is -1.07. The third-order valence-corrected chi connectivity index (χ3v) is 3.95. The highest BCUT2D eigenvalue weighted by atomic mass is 79.9. The lowest BCUT2D eigenvalue weighted by molar-refractivity contribution is -0.127. The summed E-state index contributed by atoms with van der Waals surface area (Å²) in [5, 5.41) is 12.0. The van der Waals surface area contributed by atoms with E-state index in [-0.39, 0.29) is 17.9 Å².